The normalized spacial score (nSPS) is 11.3. The first-order valence-electron chi connectivity index (χ1n) is 9.73. The van der Waals surface area contributed by atoms with Crippen molar-refractivity contribution >= 4 is 33.5 Å². The zero-order chi connectivity index (χ0) is 22.1. The third kappa shape index (κ3) is 6.42. The van der Waals surface area contributed by atoms with Crippen LogP contribution in [-0.2, 0) is 14.8 Å². The van der Waals surface area contributed by atoms with E-state index in [-0.39, 0.29) is 16.6 Å². The van der Waals surface area contributed by atoms with E-state index in [2.05, 4.69) is 15.0 Å². The molecule has 0 aliphatic carbocycles. The van der Waals surface area contributed by atoms with E-state index in [1.807, 2.05) is 31.2 Å². The number of anilines is 2. The first-order chi connectivity index (χ1) is 15.0. The summed E-state index contributed by atoms with van der Waals surface area (Å²) in [6.07, 6.45) is 5.47. The number of rotatable bonds is 9. The Morgan fingerprint density at radius 3 is 2.48 bits per heavy atom. The van der Waals surface area contributed by atoms with Gasteiger partial charge in [-0.1, -0.05) is 31.2 Å². The number of hydrogen-bond acceptors (Lipinski definition) is 5. The second-order valence-electron chi connectivity index (χ2n) is 6.55. The number of pyridine rings is 1. The number of hydrogen-bond donors (Lipinski definition) is 2. The fourth-order valence-corrected chi connectivity index (χ4v) is 3.66. The van der Waals surface area contributed by atoms with Crippen molar-refractivity contribution in [1.29, 1.82) is 0 Å². The average molecular weight is 438 g/mol. The molecule has 0 aliphatic rings. The van der Waals surface area contributed by atoms with Gasteiger partial charge in [0, 0.05) is 23.5 Å². The maximum Gasteiger partial charge on any atom is 0.263 e. The minimum atomic E-state index is -3.77. The summed E-state index contributed by atoms with van der Waals surface area (Å²) in [5.41, 5.74) is 1.27. The lowest BCUT2D eigenvalue weighted by atomic mass is 10.2. The highest BCUT2D eigenvalue weighted by Crippen LogP contribution is 2.20. The molecule has 160 valence electrons. The van der Waals surface area contributed by atoms with Gasteiger partial charge in [0.05, 0.1) is 11.5 Å². The number of benzene rings is 2. The van der Waals surface area contributed by atoms with Crippen LogP contribution in [-0.4, -0.2) is 25.9 Å². The van der Waals surface area contributed by atoms with Crippen LogP contribution in [0.5, 0.6) is 5.75 Å². The molecule has 31 heavy (non-hydrogen) atoms. The fourth-order valence-electron chi connectivity index (χ4n) is 2.65. The summed E-state index contributed by atoms with van der Waals surface area (Å²) in [7, 11) is -3.77. The summed E-state index contributed by atoms with van der Waals surface area (Å²) in [6.45, 7) is 2.62. The molecule has 3 rings (SSSR count). The maximum atomic E-state index is 12.4. The Balaban J connectivity index is 1.63. The average Bonchev–Trinajstić information content (AvgIpc) is 2.77. The van der Waals surface area contributed by atoms with Crippen molar-refractivity contribution in [3.63, 3.8) is 0 Å². The van der Waals surface area contributed by atoms with Crippen LogP contribution >= 0.6 is 0 Å². The van der Waals surface area contributed by atoms with Crippen LogP contribution in [0.4, 0.5) is 11.5 Å². The molecule has 0 saturated carbocycles. The number of nitrogens with one attached hydrogen (secondary N) is 2. The molecule has 8 heteroatoms. The van der Waals surface area contributed by atoms with Crippen LogP contribution in [0.2, 0.25) is 0 Å². The third-order valence-electron chi connectivity index (χ3n) is 4.13. The molecule has 7 nitrogen and oxygen atoms in total. The first-order valence-corrected chi connectivity index (χ1v) is 11.2. The van der Waals surface area contributed by atoms with E-state index in [4.69, 9.17) is 4.74 Å². The van der Waals surface area contributed by atoms with E-state index in [1.54, 1.807) is 24.3 Å². The minimum Gasteiger partial charge on any atom is -0.493 e. The standard InChI is InChI=1S/C23H23N3O4S/c1-2-17-30-21-8-4-3-7-18(21)10-15-23(27)25-19-11-13-20(14-12-19)31(28,29)26-22-9-5-6-16-24-22/h3-16H,2,17H2,1H3,(H,24,26)(H,25,27). The molecule has 3 aromatic rings. The minimum absolute atomic E-state index is 0.0636. The highest BCUT2D eigenvalue weighted by atomic mass is 32.2. The van der Waals surface area contributed by atoms with Gasteiger partial charge < -0.3 is 10.1 Å². The molecule has 0 saturated heterocycles. The lowest BCUT2D eigenvalue weighted by Crippen LogP contribution is -2.14. The number of para-hydroxylation sites is 1. The quantitative estimate of drug-likeness (QED) is 0.486. The van der Waals surface area contributed by atoms with Gasteiger partial charge in [0.1, 0.15) is 11.6 Å². The molecule has 0 aliphatic heterocycles. The number of nitrogens with zero attached hydrogens (tertiary/aromatic N) is 1. The summed E-state index contributed by atoms with van der Waals surface area (Å²) >= 11 is 0. The van der Waals surface area contributed by atoms with Gasteiger partial charge in [-0.2, -0.15) is 0 Å². The number of amides is 1. The molecule has 2 aromatic carbocycles. The van der Waals surface area contributed by atoms with E-state index in [1.165, 1.54) is 36.5 Å². The second kappa shape index (κ2) is 10.4. The molecule has 0 fully saturated rings. The molecular formula is C23H23N3O4S. The number of aromatic nitrogens is 1. The van der Waals surface area contributed by atoms with Crippen LogP contribution in [0.1, 0.15) is 18.9 Å². The predicted molar refractivity (Wildman–Crippen MR) is 121 cm³/mol. The van der Waals surface area contributed by atoms with Gasteiger partial charge in [-0.05, 0) is 55.0 Å². The first kappa shape index (κ1) is 22.0. The van der Waals surface area contributed by atoms with Crippen LogP contribution in [0.15, 0.2) is 83.9 Å². The zero-order valence-corrected chi connectivity index (χ0v) is 17.8. The smallest absolute Gasteiger partial charge is 0.263 e. The SMILES string of the molecule is CCCOc1ccccc1C=CC(=O)Nc1ccc(S(=O)(=O)Nc2ccccn2)cc1. The Morgan fingerprint density at radius 1 is 1.03 bits per heavy atom. The lowest BCUT2D eigenvalue weighted by Gasteiger charge is -2.09. The van der Waals surface area contributed by atoms with Crippen molar-refractivity contribution in [2.24, 2.45) is 0 Å². The number of carbonyl (C=O) groups excluding carboxylic acids is 1. The van der Waals surface area contributed by atoms with Crippen LogP contribution < -0.4 is 14.8 Å². The molecule has 0 radical (unpaired) electrons. The fraction of sp³-hybridized carbons (Fsp3) is 0.130. The van der Waals surface area contributed by atoms with Crippen molar-refractivity contribution in [2.75, 3.05) is 16.6 Å². The molecule has 2 N–H and O–H groups in total. The van der Waals surface area contributed by atoms with E-state index in [0.29, 0.717) is 18.0 Å². The summed E-state index contributed by atoms with van der Waals surface area (Å²) in [6, 6.07) is 18.3. The van der Waals surface area contributed by atoms with Crippen molar-refractivity contribution in [3.8, 4) is 5.75 Å². The van der Waals surface area contributed by atoms with Crippen molar-refractivity contribution < 1.29 is 17.9 Å². The van der Waals surface area contributed by atoms with Crippen LogP contribution in [0.25, 0.3) is 6.08 Å². The van der Waals surface area contributed by atoms with Crippen molar-refractivity contribution in [3.05, 3.63) is 84.6 Å². The molecule has 0 bridgehead atoms. The third-order valence-corrected chi connectivity index (χ3v) is 5.50. The number of ether oxygens (including phenoxy) is 1. The Labute approximate surface area is 181 Å². The molecule has 0 spiro atoms. The highest BCUT2D eigenvalue weighted by molar-refractivity contribution is 7.92. The Bertz CT molecular complexity index is 1140. The van der Waals surface area contributed by atoms with Gasteiger partial charge in [0.15, 0.2) is 0 Å². The molecule has 1 aromatic heterocycles. The van der Waals surface area contributed by atoms with Gasteiger partial charge in [0.25, 0.3) is 10.0 Å². The maximum absolute atomic E-state index is 12.4. The highest BCUT2D eigenvalue weighted by Gasteiger charge is 2.14. The second-order valence-corrected chi connectivity index (χ2v) is 8.24. The van der Waals surface area contributed by atoms with E-state index in [0.717, 1.165) is 12.0 Å². The lowest BCUT2D eigenvalue weighted by molar-refractivity contribution is -0.111. The molecule has 0 unspecified atom stereocenters. The van der Waals surface area contributed by atoms with Crippen LogP contribution in [0.3, 0.4) is 0 Å². The summed E-state index contributed by atoms with van der Waals surface area (Å²) in [5, 5.41) is 2.71. The van der Waals surface area contributed by atoms with Crippen LogP contribution in [0, 0.1) is 0 Å². The Kier molecular flexibility index (Phi) is 7.40. The van der Waals surface area contributed by atoms with Gasteiger partial charge in [-0.15, -0.1) is 0 Å². The molecule has 0 atom stereocenters. The summed E-state index contributed by atoms with van der Waals surface area (Å²) in [5.74, 6) is 0.601. The van der Waals surface area contributed by atoms with Gasteiger partial charge >= 0.3 is 0 Å². The topological polar surface area (TPSA) is 97.4 Å². The monoisotopic (exact) mass is 437 g/mol. The van der Waals surface area contributed by atoms with Crippen molar-refractivity contribution in [1.82, 2.24) is 4.98 Å². The molecular weight excluding hydrogens is 414 g/mol. The van der Waals surface area contributed by atoms with Gasteiger partial charge in [-0.25, -0.2) is 13.4 Å². The van der Waals surface area contributed by atoms with E-state index < -0.39 is 10.0 Å². The predicted octanol–water partition coefficient (Wildman–Crippen LogP) is 4.32. The molecule has 1 amide bonds. The van der Waals surface area contributed by atoms with E-state index in [9.17, 15) is 13.2 Å². The van der Waals surface area contributed by atoms with Gasteiger partial charge in [0.2, 0.25) is 5.91 Å². The zero-order valence-electron chi connectivity index (χ0n) is 17.0. The van der Waals surface area contributed by atoms with E-state index >= 15 is 0 Å². The Morgan fingerprint density at radius 2 is 1.77 bits per heavy atom. The Hall–Kier alpha value is -3.65. The van der Waals surface area contributed by atoms with Crippen molar-refractivity contribution in [2.45, 2.75) is 18.2 Å². The number of carbonyl (C=O) groups is 1. The summed E-state index contributed by atoms with van der Waals surface area (Å²) in [4.78, 5) is 16.3. The largest absolute Gasteiger partial charge is 0.493 e. The summed E-state index contributed by atoms with van der Waals surface area (Å²) < 4.78 is 33.0. The number of sulfonamides is 1. The van der Waals surface area contributed by atoms with Gasteiger partial charge in [-0.3, -0.25) is 9.52 Å². The molecule has 1 heterocycles.